The van der Waals surface area contributed by atoms with Gasteiger partial charge in [-0.2, -0.15) is 0 Å². The van der Waals surface area contributed by atoms with E-state index < -0.39 is 0 Å². The number of halogens is 2. The summed E-state index contributed by atoms with van der Waals surface area (Å²) in [6, 6.07) is 11.5. The number of nitrogens with zero attached hydrogens (tertiary/aromatic N) is 2. The van der Waals surface area contributed by atoms with E-state index >= 15 is 0 Å². The summed E-state index contributed by atoms with van der Waals surface area (Å²) in [6.45, 7) is 4.23. The predicted molar refractivity (Wildman–Crippen MR) is 102 cm³/mol. The van der Waals surface area contributed by atoms with E-state index in [1.165, 1.54) is 0 Å². The van der Waals surface area contributed by atoms with Crippen molar-refractivity contribution >= 4 is 29.2 Å². The van der Waals surface area contributed by atoms with Gasteiger partial charge in [-0.3, -0.25) is 4.98 Å². The van der Waals surface area contributed by atoms with Gasteiger partial charge in [0, 0.05) is 29.3 Å². The lowest BCUT2D eigenvalue weighted by atomic mass is 10.1. The zero-order valence-electron chi connectivity index (χ0n) is 13.7. The minimum absolute atomic E-state index is 0.555. The van der Waals surface area contributed by atoms with Crippen LogP contribution in [0.2, 0.25) is 10.0 Å². The van der Waals surface area contributed by atoms with Gasteiger partial charge in [-0.1, -0.05) is 35.3 Å². The Bertz CT molecular complexity index is 659. The van der Waals surface area contributed by atoms with Gasteiger partial charge < -0.3 is 10.6 Å². The lowest BCUT2D eigenvalue weighted by Crippen LogP contribution is -2.37. The first-order valence-corrected chi connectivity index (χ1v) is 8.80. The zero-order chi connectivity index (χ0) is 17.2. The Morgan fingerprint density at radius 2 is 2.04 bits per heavy atom. The van der Waals surface area contributed by atoms with Gasteiger partial charge in [0.2, 0.25) is 0 Å². The first-order valence-electron chi connectivity index (χ1n) is 8.05. The lowest BCUT2D eigenvalue weighted by Gasteiger charge is -2.11. The molecule has 24 heavy (non-hydrogen) atoms. The van der Waals surface area contributed by atoms with E-state index in [0.29, 0.717) is 11.6 Å². The fourth-order valence-corrected chi connectivity index (χ4v) is 2.71. The Labute approximate surface area is 153 Å². The smallest absolute Gasteiger partial charge is 0.191 e. The summed E-state index contributed by atoms with van der Waals surface area (Å²) >= 11 is 12.1. The van der Waals surface area contributed by atoms with Crippen molar-refractivity contribution in [3.63, 3.8) is 0 Å². The molecular formula is C18H22Cl2N4. The van der Waals surface area contributed by atoms with Crippen LogP contribution < -0.4 is 10.6 Å². The number of aromatic nitrogens is 1. The van der Waals surface area contributed by atoms with Crippen molar-refractivity contribution in [3.05, 3.63) is 63.9 Å². The van der Waals surface area contributed by atoms with E-state index in [2.05, 4.69) is 20.6 Å². The lowest BCUT2D eigenvalue weighted by molar-refractivity contribution is 0.743. The van der Waals surface area contributed by atoms with Gasteiger partial charge in [-0.25, -0.2) is 4.99 Å². The summed E-state index contributed by atoms with van der Waals surface area (Å²) < 4.78 is 0. The summed E-state index contributed by atoms with van der Waals surface area (Å²) in [6.07, 6.45) is 3.62. The molecule has 2 rings (SSSR count). The highest BCUT2D eigenvalue weighted by atomic mass is 35.5. The molecule has 1 heterocycles. The normalized spacial score (nSPS) is 11.4. The number of benzene rings is 1. The molecule has 0 aliphatic heterocycles. The van der Waals surface area contributed by atoms with Crippen molar-refractivity contribution in [2.24, 2.45) is 4.99 Å². The zero-order valence-corrected chi connectivity index (χ0v) is 15.2. The second kappa shape index (κ2) is 10.2. The molecule has 0 radical (unpaired) electrons. The fraction of sp³-hybridized carbons (Fsp3) is 0.333. The molecule has 2 N–H and O–H groups in total. The monoisotopic (exact) mass is 364 g/mol. The van der Waals surface area contributed by atoms with Gasteiger partial charge in [0.05, 0.1) is 12.2 Å². The third kappa shape index (κ3) is 6.38. The van der Waals surface area contributed by atoms with Crippen LogP contribution in [0.15, 0.2) is 47.6 Å². The molecule has 0 fully saturated rings. The molecule has 1 aromatic heterocycles. The fourth-order valence-electron chi connectivity index (χ4n) is 2.20. The average Bonchev–Trinajstić information content (AvgIpc) is 2.59. The van der Waals surface area contributed by atoms with Crippen molar-refractivity contribution in [1.82, 2.24) is 15.6 Å². The Morgan fingerprint density at radius 3 is 2.75 bits per heavy atom. The van der Waals surface area contributed by atoms with E-state index in [9.17, 15) is 0 Å². The summed E-state index contributed by atoms with van der Waals surface area (Å²) in [5.41, 5.74) is 2.06. The van der Waals surface area contributed by atoms with Crippen LogP contribution in [0.5, 0.6) is 0 Å². The first-order chi connectivity index (χ1) is 11.7. The number of hydrogen-bond donors (Lipinski definition) is 2. The Kier molecular flexibility index (Phi) is 7.86. The van der Waals surface area contributed by atoms with Gasteiger partial charge in [0.25, 0.3) is 0 Å². The Morgan fingerprint density at radius 1 is 1.17 bits per heavy atom. The summed E-state index contributed by atoms with van der Waals surface area (Å²) in [5, 5.41) is 7.96. The Hall–Kier alpha value is -1.78. The van der Waals surface area contributed by atoms with E-state index in [1.54, 1.807) is 12.3 Å². The SMILES string of the molecule is CCNC(=NCc1ccccn1)NCCCc1ccc(Cl)cc1Cl. The van der Waals surface area contributed by atoms with Gasteiger partial charge in [0.1, 0.15) is 0 Å². The molecule has 0 bridgehead atoms. The maximum atomic E-state index is 6.19. The Balaban J connectivity index is 1.80. The molecule has 4 nitrogen and oxygen atoms in total. The summed E-state index contributed by atoms with van der Waals surface area (Å²) in [5.74, 6) is 0.797. The summed E-state index contributed by atoms with van der Waals surface area (Å²) in [7, 11) is 0. The molecule has 0 aliphatic carbocycles. The second-order valence-electron chi connectivity index (χ2n) is 5.28. The van der Waals surface area contributed by atoms with Crippen molar-refractivity contribution in [3.8, 4) is 0 Å². The molecule has 0 aliphatic rings. The molecule has 0 unspecified atom stereocenters. The highest BCUT2D eigenvalue weighted by molar-refractivity contribution is 6.35. The van der Waals surface area contributed by atoms with Crippen LogP contribution in [-0.2, 0) is 13.0 Å². The van der Waals surface area contributed by atoms with Gasteiger partial charge >= 0.3 is 0 Å². The van der Waals surface area contributed by atoms with Crippen LogP contribution in [-0.4, -0.2) is 24.0 Å². The minimum atomic E-state index is 0.555. The molecular weight excluding hydrogens is 343 g/mol. The molecule has 128 valence electrons. The van der Waals surface area contributed by atoms with Crippen molar-refractivity contribution in [2.75, 3.05) is 13.1 Å². The quantitative estimate of drug-likeness (QED) is 0.442. The standard InChI is InChI=1S/C18H22Cl2N4/c1-2-21-18(24-13-16-7-3-4-10-22-16)23-11-5-6-14-8-9-15(19)12-17(14)20/h3-4,7-10,12H,2,5-6,11,13H2,1H3,(H2,21,23,24). The van der Waals surface area contributed by atoms with Crippen LogP contribution in [0.4, 0.5) is 0 Å². The highest BCUT2D eigenvalue weighted by Crippen LogP contribution is 2.21. The predicted octanol–water partition coefficient (Wildman–Crippen LogP) is 4.08. The average molecular weight is 365 g/mol. The largest absolute Gasteiger partial charge is 0.357 e. The van der Waals surface area contributed by atoms with Crippen LogP contribution in [0.25, 0.3) is 0 Å². The third-order valence-electron chi connectivity index (χ3n) is 3.40. The van der Waals surface area contributed by atoms with Crippen LogP contribution >= 0.6 is 23.2 Å². The molecule has 0 saturated heterocycles. The topological polar surface area (TPSA) is 49.3 Å². The molecule has 0 spiro atoms. The highest BCUT2D eigenvalue weighted by Gasteiger charge is 2.02. The van der Waals surface area contributed by atoms with Crippen molar-refractivity contribution in [2.45, 2.75) is 26.3 Å². The minimum Gasteiger partial charge on any atom is -0.357 e. The molecule has 2 aromatic rings. The number of rotatable bonds is 7. The number of guanidine groups is 1. The van der Waals surface area contributed by atoms with Crippen molar-refractivity contribution < 1.29 is 0 Å². The molecule has 1 aromatic carbocycles. The maximum Gasteiger partial charge on any atom is 0.191 e. The summed E-state index contributed by atoms with van der Waals surface area (Å²) in [4.78, 5) is 8.82. The van der Waals surface area contributed by atoms with Crippen LogP contribution in [0.3, 0.4) is 0 Å². The number of pyridine rings is 1. The molecule has 0 atom stereocenters. The van der Waals surface area contributed by atoms with Crippen LogP contribution in [0, 0.1) is 0 Å². The number of aryl methyl sites for hydroxylation is 1. The van der Waals surface area contributed by atoms with E-state index in [1.807, 2.05) is 37.3 Å². The van der Waals surface area contributed by atoms with E-state index in [4.69, 9.17) is 23.2 Å². The van der Waals surface area contributed by atoms with Gasteiger partial charge in [0.15, 0.2) is 5.96 Å². The van der Waals surface area contributed by atoms with E-state index in [-0.39, 0.29) is 0 Å². The molecule has 6 heteroatoms. The molecule has 0 amide bonds. The van der Waals surface area contributed by atoms with Crippen LogP contribution in [0.1, 0.15) is 24.6 Å². The maximum absolute atomic E-state index is 6.19. The first kappa shape index (κ1) is 18.6. The van der Waals surface area contributed by atoms with Gasteiger partial charge in [-0.15, -0.1) is 0 Å². The number of nitrogens with one attached hydrogen (secondary N) is 2. The third-order valence-corrected chi connectivity index (χ3v) is 3.99. The number of aliphatic imine (C=N–C) groups is 1. The van der Waals surface area contributed by atoms with Crippen molar-refractivity contribution in [1.29, 1.82) is 0 Å². The number of hydrogen-bond acceptors (Lipinski definition) is 2. The van der Waals surface area contributed by atoms with E-state index in [0.717, 1.165) is 48.2 Å². The molecule has 0 saturated carbocycles. The second-order valence-corrected chi connectivity index (χ2v) is 6.13. The van der Waals surface area contributed by atoms with Gasteiger partial charge in [-0.05, 0) is 49.6 Å².